The van der Waals surface area contributed by atoms with Crippen LogP contribution in [-0.4, -0.2) is 7.11 Å². The molecule has 0 bridgehead atoms. The Kier molecular flexibility index (Phi) is 1.37. The first kappa shape index (κ1) is 4.86. The molecule has 1 heteroatoms. The van der Waals surface area contributed by atoms with Gasteiger partial charge in [-0.3, -0.25) is 0 Å². The van der Waals surface area contributed by atoms with E-state index in [2.05, 4.69) is 0 Å². The van der Waals surface area contributed by atoms with Gasteiger partial charge in [-0.2, -0.15) is 0 Å². The largest absolute Gasteiger partial charge is 0.496 e. The summed E-state index contributed by atoms with van der Waals surface area (Å²) in [5.41, 5.74) is 1.07. The molecule has 0 unspecified atom stereocenters. The van der Waals surface area contributed by atoms with Gasteiger partial charge in [0.25, 0.3) is 0 Å². The monoisotopic (exact) mass is 123 g/mol. The molecule has 1 aromatic rings. The summed E-state index contributed by atoms with van der Waals surface area (Å²) in [5, 5.41) is 0. The molecule has 0 saturated heterocycles. The van der Waals surface area contributed by atoms with Gasteiger partial charge < -0.3 is 4.74 Å². The van der Waals surface area contributed by atoms with Crippen LogP contribution >= 0.6 is 0 Å². The average molecular weight is 123 g/mol. The minimum absolute atomic E-state index is 0.488. The summed E-state index contributed by atoms with van der Waals surface area (Å²) in [6, 6.07) is 5.82. The van der Waals surface area contributed by atoms with Crippen molar-refractivity contribution in [2.24, 2.45) is 0 Å². The fourth-order valence-corrected chi connectivity index (χ4v) is 0.713. The van der Waals surface area contributed by atoms with Crippen LogP contribution in [0.15, 0.2) is 24.2 Å². The Morgan fingerprint density at radius 1 is 1.56 bits per heavy atom. The number of hydrogen-bond donors (Lipinski definition) is 0. The van der Waals surface area contributed by atoms with Crippen molar-refractivity contribution in [3.8, 4) is 5.75 Å². The van der Waals surface area contributed by atoms with Gasteiger partial charge in [0.2, 0.25) is 0 Å². The summed E-state index contributed by atoms with van der Waals surface area (Å²) in [4.78, 5) is 0. The lowest BCUT2D eigenvalue weighted by atomic mass is 10.2. The third-order valence-electron chi connectivity index (χ3n) is 1.25. The highest BCUT2D eigenvalue weighted by Crippen LogP contribution is 2.14. The normalized spacial score (nSPS) is 10.7. The van der Waals surface area contributed by atoms with Crippen LogP contribution in [-0.2, 0) is 0 Å². The molecule has 0 saturated carbocycles. The molecule has 0 aromatic heterocycles. The van der Waals surface area contributed by atoms with Gasteiger partial charge in [-0.05, 0) is 18.6 Å². The van der Waals surface area contributed by atoms with E-state index in [0.717, 1.165) is 11.3 Å². The molecule has 0 spiro atoms. The maximum absolute atomic E-state index is 7.26. The number of rotatable bonds is 1. The highest BCUT2D eigenvalue weighted by Gasteiger charge is 1.90. The Morgan fingerprint density at radius 3 is 2.89 bits per heavy atom. The maximum Gasteiger partial charge on any atom is 0.121 e. The maximum atomic E-state index is 7.26. The number of benzene rings is 1. The van der Waals surface area contributed by atoms with Crippen LogP contribution in [0.5, 0.6) is 5.75 Å². The summed E-state index contributed by atoms with van der Waals surface area (Å²) in [7, 11) is 1.61. The molecule has 0 radical (unpaired) electrons. The summed E-state index contributed by atoms with van der Waals surface area (Å²) in [5.74, 6) is 0.785. The molecule has 0 aliphatic heterocycles. The van der Waals surface area contributed by atoms with Gasteiger partial charge in [0.1, 0.15) is 5.75 Å². The lowest BCUT2D eigenvalue weighted by molar-refractivity contribution is 0.411. The fourth-order valence-electron chi connectivity index (χ4n) is 0.713. The second kappa shape index (κ2) is 2.53. The lowest BCUT2D eigenvalue weighted by Crippen LogP contribution is -1.84. The average Bonchev–Trinajstić information content (AvgIpc) is 1.94. The Balaban J connectivity index is 3.09. The summed E-state index contributed by atoms with van der Waals surface area (Å²) >= 11 is 0. The SMILES string of the molecule is [2H]c1ccc(C)c(OC)c1. The van der Waals surface area contributed by atoms with Gasteiger partial charge in [0.15, 0.2) is 0 Å². The highest BCUT2D eigenvalue weighted by atomic mass is 16.5. The zero-order valence-electron chi connectivity index (χ0n) is 6.64. The molecule has 0 atom stereocenters. The van der Waals surface area contributed by atoms with Crippen molar-refractivity contribution in [2.75, 3.05) is 7.11 Å². The van der Waals surface area contributed by atoms with Gasteiger partial charge in [-0.1, -0.05) is 18.2 Å². The molecule has 1 rings (SSSR count). The molecule has 9 heavy (non-hydrogen) atoms. The third-order valence-corrected chi connectivity index (χ3v) is 1.25. The van der Waals surface area contributed by atoms with Crippen molar-refractivity contribution in [1.29, 1.82) is 0 Å². The van der Waals surface area contributed by atoms with Crippen molar-refractivity contribution in [3.05, 3.63) is 29.8 Å². The Hall–Kier alpha value is -0.980. The van der Waals surface area contributed by atoms with Crippen LogP contribution in [0.1, 0.15) is 6.93 Å². The molecular weight excluding hydrogens is 112 g/mol. The zero-order valence-corrected chi connectivity index (χ0v) is 5.64. The van der Waals surface area contributed by atoms with E-state index >= 15 is 0 Å². The van der Waals surface area contributed by atoms with Crippen molar-refractivity contribution in [2.45, 2.75) is 6.92 Å². The van der Waals surface area contributed by atoms with Crippen LogP contribution in [0.2, 0.25) is 0 Å². The van der Waals surface area contributed by atoms with E-state index in [1.54, 1.807) is 19.2 Å². The molecule has 1 nitrogen and oxygen atoms in total. The number of methoxy groups -OCH3 is 1. The summed E-state index contributed by atoms with van der Waals surface area (Å²) < 4.78 is 12.3. The van der Waals surface area contributed by atoms with Crippen LogP contribution in [0.3, 0.4) is 0 Å². The van der Waals surface area contributed by atoms with Crippen molar-refractivity contribution < 1.29 is 6.11 Å². The van der Waals surface area contributed by atoms with E-state index in [0.29, 0.717) is 6.04 Å². The van der Waals surface area contributed by atoms with Crippen molar-refractivity contribution in [1.82, 2.24) is 0 Å². The van der Waals surface area contributed by atoms with Crippen LogP contribution in [0.25, 0.3) is 0 Å². The molecule has 0 aliphatic carbocycles. The van der Waals surface area contributed by atoms with E-state index < -0.39 is 0 Å². The predicted molar refractivity (Wildman–Crippen MR) is 37.7 cm³/mol. The number of ether oxygens (including phenoxy) is 1. The van der Waals surface area contributed by atoms with Gasteiger partial charge in [0.05, 0.1) is 8.48 Å². The molecular formula is C8H10O. The second-order valence-corrected chi connectivity index (χ2v) is 1.90. The first-order chi connectivity index (χ1) is 4.74. The molecule has 48 valence electrons. The van der Waals surface area contributed by atoms with Gasteiger partial charge in [0, 0.05) is 0 Å². The standard InChI is InChI=1S/C8H10O/c1-7-5-3-4-6-8(7)9-2/h3-6H,1-2H3/i4D. The molecule has 0 heterocycles. The Labute approximate surface area is 56.7 Å². The van der Waals surface area contributed by atoms with Crippen LogP contribution < -0.4 is 4.74 Å². The second-order valence-electron chi connectivity index (χ2n) is 1.90. The molecule has 0 amide bonds. The number of aryl methyl sites for hydroxylation is 1. The fraction of sp³-hybridized carbons (Fsp3) is 0.250. The zero-order chi connectivity index (χ0) is 7.56. The van der Waals surface area contributed by atoms with Gasteiger partial charge >= 0.3 is 0 Å². The predicted octanol–water partition coefficient (Wildman–Crippen LogP) is 2.00. The Morgan fingerprint density at radius 2 is 2.33 bits per heavy atom. The Bertz CT molecular complexity index is 233. The van der Waals surface area contributed by atoms with Gasteiger partial charge in [-0.25, -0.2) is 0 Å². The minimum Gasteiger partial charge on any atom is -0.496 e. The molecule has 1 aromatic carbocycles. The quantitative estimate of drug-likeness (QED) is 0.555. The first-order valence-electron chi connectivity index (χ1n) is 3.35. The lowest BCUT2D eigenvalue weighted by Gasteiger charge is -2.00. The van der Waals surface area contributed by atoms with E-state index in [-0.39, 0.29) is 0 Å². The number of para-hydroxylation sites is 1. The van der Waals surface area contributed by atoms with Gasteiger partial charge in [-0.15, -0.1) is 0 Å². The van der Waals surface area contributed by atoms with Crippen LogP contribution in [0, 0.1) is 6.92 Å². The molecule has 0 fully saturated rings. The van der Waals surface area contributed by atoms with E-state index in [4.69, 9.17) is 6.11 Å². The smallest absolute Gasteiger partial charge is 0.121 e. The topological polar surface area (TPSA) is 9.23 Å². The van der Waals surface area contributed by atoms with Crippen LogP contribution in [0.4, 0.5) is 0 Å². The highest BCUT2D eigenvalue weighted by molar-refractivity contribution is 5.31. The summed E-state index contributed by atoms with van der Waals surface area (Å²) in [6.07, 6.45) is 0. The molecule has 0 N–H and O–H groups in total. The van der Waals surface area contributed by atoms with Crippen molar-refractivity contribution >= 4 is 0 Å². The first-order valence-corrected chi connectivity index (χ1v) is 2.85. The van der Waals surface area contributed by atoms with E-state index in [9.17, 15) is 0 Å². The molecule has 0 aliphatic rings. The number of hydrogen-bond acceptors (Lipinski definition) is 1. The van der Waals surface area contributed by atoms with E-state index in [1.807, 2.05) is 13.0 Å². The van der Waals surface area contributed by atoms with E-state index in [1.165, 1.54) is 0 Å². The summed E-state index contributed by atoms with van der Waals surface area (Å²) in [6.45, 7) is 1.96. The minimum atomic E-state index is 0.488. The van der Waals surface area contributed by atoms with Crippen molar-refractivity contribution in [3.63, 3.8) is 0 Å². The third kappa shape index (κ3) is 1.22.